The highest BCUT2D eigenvalue weighted by Gasteiger charge is 2.11. The summed E-state index contributed by atoms with van der Waals surface area (Å²) in [7, 11) is 1.65. The number of thiophene rings is 1. The topological polar surface area (TPSA) is 29.5 Å². The van der Waals surface area contributed by atoms with Crippen LogP contribution in [0.4, 0.5) is 0 Å². The molecule has 0 aliphatic carbocycles. The largest absolute Gasteiger partial charge is 0.496 e. The van der Waals surface area contributed by atoms with Crippen molar-refractivity contribution in [3.8, 4) is 5.75 Å². The molecule has 1 aromatic rings. The predicted octanol–water partition coefficient (Wildman–Crippen LogP) is 3.23. The highest BCUT2D eigenvalue weighted by Crippen LogP contribution is 2.29. The van der Waals surface area contributed by atoms with E-state index in [1.807, 2.05) is 11.4 Å². The van der Waals surface area contributed by atoms with Gasteiger partial charge in [0.2, 0.25) is 0 Å². The Bertz CT molecular complexity index is 268. The zero-order chi connectivity index (χ0) is 10.6. The van der Waals surface area contributed by atoms with Crippen LogP contribution in [0.3, 0.4) is 0 Å². The van der Waals surface area contributed by atoms with Crippen molar-refractivity contribution in [2.45, 2.75) is 32.8 Å². The minimum atomic E-state index is -0.328. The van der Waals surface area contributed by atoms with E-state index in [2.05, 4.69) is 13.8 Å². The van der Waals surface area contributed by atoms with Gasteiger partial charge in [-0.05, 0) is 24.8 Å². The zero-order valence-electron chi connectivity index (χ0n) is 8.99. The van der Waals surface area contributed by atoms with Gasteiger partial charge in [-0.25, -0.2) is 0 Å². The average Bonchev–Trinajstić information content (AvgIpc) is 2.62. The Morgan fingerprint density at radius 3 is 2.64 bits per heavy atom. The molecule has 1 unspecified atom stereocenters. The van der Waals surface area contributed by atoms with Crippen molar-refractivity contribution < 1.29 is 9.84 Å². The Morgan fingerprint density at radius 1 is 1.43 bits per heavy atom. The van der Waals surface area contributed by atoms with E-state index in [4.69, 9.17) is 4.74 Å². The lowest BCUT2D eigenvalue weighted by molar-refractivity contribution is 0.162. The van der Waals surface area contributed by atoms with Crippen LogP contribution in [0.25, 0.3) is 0 Å². The van der Waals surface area contributed by atoms with E-state index in [9.17, 15) is 5.11 Å². The second-order valence-corrected chi connectivity index (χ2v) is 4.82. The van der Waals surface area contributed by atoms with Crippen LogP contribution >= 0.6 is 11.3 Å². The quantitative estimate of drug-likeness (QED) is 0.815. The van der Waals surface area contributed by atoms with Crippen LogP contribution in [0.1, 0.15) is 37.7 Å². The maximum atomic E-state index is 9.83. The van der Waals surface area contributed by atoms with Crippen molar-refractivity contribution in [2.75, 3.05) is 7.11 Å². The molecule has 0 amide bonds. The van der Waals surface area contributed by atoms with Gasteiger partial charge in [0.25, 0.3) is 0 Å². The van der Waals surface area contributed by atoms with Crippen LogP contribution in [-0.2, 0) is 0 Å². The van der Waals surface area contributed by atoms with E-state index in [1.54, 1.807) is 18.4 Å². The van der Waals surface area contributed by atoms with Crippen LogP contribution in [0.2, 0.25) is 0 Å². The molecule has 80 valence electrons. The monoisotopic (exact) mass is 214 g/mol. The van der Waals surface area contributed by atoms with Crippen LogP contribution in [0.5, 0.6) is 5.75 Å². The van der Waals surface area contributed by atoms with Gasteiger partial charge in [-0.2, -0.15) is 0 Å². The first-order valence-electron chi connectivity index (χ1n) is 4.94. The lowest BCUT2D eigenvalue weighted by Crippen LogP contribution is -1.97. The molecule has 0 aliphatic rings. The summed E-state index contributed by atoms with van der Waals surface area (Å²) in [6, 6.07) is 1.91. The van der Waals surface area contributed by atoms with E-state index >= 15 is 0 Å². The standard InChI is InChI=1S/C11H18O2S/c1-8(2)4-5-10(12)11-6-9(13-3)7-14-11/h6-8,10,12H,4-5H2,1-3H3. The molecule has 3 heteroatoms. The number of methoxy groups -OCH3 is 1. The molecule has 0 aliphatic heterocycles. The van der Waals surface area contributed by atoms with Gasteiger partial charge in [-0.3, -0.25) is 0 Å². The third kappa shape index (κ3) is 3.31. The summed E-state index contributed by atoms with van der Waals surface area (Å²) in [5, 5.41) is 11.8. The lowest BCUT2D eigenvalue weighted by atomic mass is 10.0. The highest BCUT2D eigenvalue weighted by atomic mass is 32.1. The van der Waals surface area contributed by atoms with Crippen molar-refractivity contribution in [1.82, 2.24) is 0 Å². The Kier molecular flexibility index (Phi) is 4.42. The maximum absolute atomic E-state index is 9.83. The third-order valence-corrected chi connectivity index (χ3v) is 3.19. The van der Waals surface area contributed by atoms with Crippen molar-refractivity contribution >= 4 is 11.3 Å². The predicted molar refractivity (Wildman–Crippen MR) is 59.9 cm³/mol. The molecule has 14 heavy (non-hydrogen) atoms. The maximum Gasteiger partial charge on any atom is 0.129 e. The molecule has 0 saturated heterocycles. The SMILES string of the molecule is COc1csc(C(O)CCC(C)C)c1. The number of hydrogen-bond donors (Lipinski definition) is 1. The summed E-state index contributed by atoms with van der Waals surface area (Å²) in [5.41, 5.74) is 0. The molecule has 0 fully saturated rings. The summed E-state index contributed by atoms with van der Waals surface area (Å²) >= 11 is 1.56. The average molecular weight is 214 g/mol. The molecular formula is C11H18O2S. The number of hydrogen-bond acceptors (Lipinski definition) is 3. The van der Waals surface area contributed by atoms with Gasteiger partial charge in [-0.1, -0.05) is 13.8 Å². The van der Waals surface area contributed by atoms with Crippen molar-refractivity contribution in [3.05, 3.63) is 16.3 Å². The van der Waals surface area contributed by atoms with E-state index in [0.717, 1.165) is 23.5 Å². The van der Waals surface area contributed by atoms with E-state index in [1.165, 1.54) is 0 Å². The fourth-order valence-corrected chi connectivity index (χ4v) is 2.13. The Labute approximate surface area is 89.5 Å². The van der Waals surface area contributed by atoms with Crippen molar-refractivity contribution in [3.63, 3.8) is 0 Å². The third-order valence-electron chi connectivity index (χ3n) is 2.18. The van der Waals surface area contributed by atoms with Gasteiger partial charge in [0.1, 0.15) is 5.75 Å². The summed E-state index contributed by atoms with van der Waals surface area (Å²) in [5.74, 6) is 1.49. The van der Waals surface area contributed by atoms with E-state index in [-0.39, 0.29) is 6.10 Å². The second-order valence-electron chi connectivity index (χ2n) is 3.88. The molecule has 1 heterocycles. The second kappa shape index (κ2) is 5.37. The van der Waals surface area contributed by atoms with Gasteiger partial charge in [0.05, 0.1) is 13.2 Å². The number of aliphatic hydroxyl groups is 1. The molecule has 0 radical (unpaired) electrons. The van der Waals surface area contributed by atoms with Crippen LogP contribution in [-0.4, -0.2) is 12.2 Å². The van der Waals surface area contributed by atoms with Gasteiger partial charge in [-0.15, -0.1) is 11.3 Å². The lowest BCUT2D eigenvalue weighted by Gasteiger charge is -2.09. The van der Waals surface area contributed by atoms with Crippen LogP contribution < -0.4 is 4.74 Å². The van der Waals surface area contributed by atoms with Crippen LogP contribution in [0, 0.1) is 5.92 Å². The first-order valence-corrected chi connectivity index (χ1v) is 5.82. The number of ether oxygens (including phenoxy) is 1. The number of aliphatic hydroxyl groups excluding tert-OH is 1. The minimum Gasteiger partial charge on any atom is -0.496 e. The molecule has 2 nitrogen and oxygen atoms in total. The first kappa shape index (κ1) is 11.5. The molecular weight excluding hydrogens is 196 g/mol. The fourth-order valence-electron chi connectivity index (χ4n) is 1.25. The molecule has 1 N–H and O–H groups in total. The highest BCUT2D eigenvalue weighted by molar-refractivity contribution is 7.10. The zero-order valence-corrected chi connectivity index (χ0v) is 9.80. The van der Waals surface area contributed by atoms with Crippen LogP contribution in [0.15, 0.2) is 11.4 Å². The smallest absolute Gasteiger partial charge is 0.129 e. The van der Waals surface area contributed by atoms with Crippen molar-refractivity contribution in [2.24, 2.45) is 5.92 Å². The van der Waals surface area contributed by atoms with E-state index in [0.29, 0.717) is 5.92 Å². The summed E-state index contributed by atoms with van der Waals surface area (Å²) in [6.07, 6.45) is 1.56. The normalized spacial score (nSPS) is 13.2. The molecule has 1 rings (SSSR count). The van der Waals surface area contributed by atoms with Gasteiger partial charge >= 0.3 is 0 Å². The summed E-state index contributed by atoms with van der Waals surface area (Å²) < 4.78 is 5.07. The molecule has 0 spiro atoms. The Hall–Kier alpha value is -0.540. The Balaban J connectivity index is 2.47. The van der Waals surface area contributed by atoms with Gasteiger partial charge in [0, 0.05) is 10.3 Å². The van der Waals surface area contributed by atoms with Crippen molar-refractivity contribution in [1.29, 1.82) is 0 Å². The number of rotatable bonds is 5. The van der Waals surface area contributed by atoms with Gasteiger partial charge in [0.15, 0.2) is 0 Å². The first-order chi connectivity index (χ1) is 6.63. The fraction of sp³-hybridized carbons (Fsp3) is 0.636. The molecule has 0 saturated carbocycles. The summed E-state index contributed by atoms with van der Waals surface area (Å²) in [6.45, 7) is 4.34. The van der Waals surface area contributed by atoms with E-state index < -0.39 is 0 Å². The molecule has 1 atom stereocenters. The minimum absolute atomic E-state index is 0.328. The molecule has 1 aromatic heterocycles. The molecule has 0 aromatic carbocycles. The Morgan fingerprint density at radius 2 is 2.14 bits per heavy atom. The molecule has 0 bridgehead atoms. The summed E-state index contributed by atoms with van der Waals surface area (Å²) in [4.78, 5) is 1.00. The van der Waals surface area contributed by atoms with Gasteiger partial charge < -0.3 is 9.84 Å².